The van der Waals surface area contributed by atoms with Gasteiger partial charge in [-0.25, -0.2) is 0 Å². The number of amides is 1. The van der Waals surface area contributed by atoms with Crippen molar-refractivity contribution in [2.24, 2.45) is 0 Å². The van der Waals surface area contributed by atoms with Gasteiger partial charge in [-0.05, 0) is 48.4 Å². The van der Waals surface area contributed by atoms with Crippen molar-refractivity contribution in [3.05, 3.63) is 65.2 Å². The lowest BCUT2D eigenvalue weighted by Crippen LogP contribution is -2.49. The van der Waals surface area contributed by atoms with E-state index in [1.165, 1.54) is 11.1 Å². The minimum atomic E-state index is 0.0905. The van der Waals surface area contributed by atoms with Crippen LogP contribution in [-0.2, 0) is 0 Å². The van der Waals surface area contributed by atoms with Crippen LogP contribution in [0, 0.1) is 0 Å². The Hall–Kier alpha value is -2.33. The summed E-state index contributed by atoms with van der Waals surface area (Å²) in [4.78, 5) is 17.3. The van der Waals surface area contributed by atoms with Crippen molar-refractivity contribution < 1.29 is 9.53 Å². The summed E-state index contributed by atoms with van der Waals surface area (Å²) in [5.74, 6) is 1.32. The van der Waals surface area contributed by atoms with Crippen LogP contribution >= 0.6 is 0 Å². The molecular weight excluding hydrogens is 324 g/mol. The molecule has 0 aromatic heterocycles. The fourth-order valence-electron chi connectivity index (χ4n) is 3.65. The summed E-state index contributed by atoms with van der Waals surface area (Å²) in [5, 5.41) is 0. The first kappa shape index (κ1) is 18.5. The van der Waals surface area contributed by atoms with Gasteiger partial charge in [0.05, 0.1) is 13.2 Å². The highest BCUT2D eigenvalue weighted by Gasteiger charge is 2.30. The number of hydrogen-bond donors (Lipinski definition) is 0. The van der Waals surface area contributed by atoms with Crippen molar-refractivity contribution in [3.63, 3.8) is 0 Å². The molecule has 1 aliphatic heterocycles. The predicted molar refractivity (Wildman–Crippen MR) is 105 cm³/mol. The molecule has 0 radical (unpaired) electrons. The number of hydrogen-bond acceptors (Lipinski definition) is 3. The summed E-state index contributed by atoms with van der Waals surface area (Å²) >= 11 is 0. The van der Waals surface area contributed by atoms with Crippen LogP contribution in [0.3, 0.4) is 0 Å². The summed E-state index contributed by atoms with van der Waals surface area (Å²) in [7, 11) is 3.78. The lowest BCUT2D eigenvalue weighted by molar-refractivity contribution is 0.0544. The second kappa shape index (κ2) is 7.92. The Kier molecular flexibility index (Phi) is 5.62. The Bertz CT molecular complexity index is 755. The molecule has 0 bridgehead atoms. The highest BCUT2D eigenvalue weighted by atomic mass is 16.5. The number of nitrogens with zero attached hydrogens (tertiary/aromatic N) is 2. The van der Waals surface area contributed by atoms with Gasteiger partial charge in [0.25, 0.3) is 5.91 Å². The van der Waals surface area contributed by atoms with Gasteiger partial charge >= 0.3 is 0 Å². The van der Waals surface area contributed by atoms with Crippen LogP contribution < -0.4 is 4.74 Å². The monoisotopic (exact) mass is 352 g/mol. The van der Waals surface area contributed by atoms with E-state index in [1.807, 2.05) is 29.2 Å². The molecule has 1 heterocycles. The van der Waals surface area contributed by atoms with Crippen LogP contribution in [0.4, 0.5) is 0 Å². The number of carbonyl (C=O) groups is 1. The van der Waals surface area contributed by atoms with Gasteiger partial charge in [0, 0.05) is 25.2 Å². The maximum absolute atomic E-state index is 13.0. The van der Waals surface area contributed by atoms with Gasteiger partial charge in [-0.3, -0.25) is 9.69 Å². The van der Waals surface area contributed by atoms with Crippen LogP contribution in [0.5, 0.6) is 5.75 Å². The average Bonchev–Trinajstić information content (AvgIpc) is 2.68. The Labute approximate surface area is 156 Å². The van der Waals surface area contributed by atoms with E-state index in [-0.39, 0.29) is 11.9 Å². The number of benzene rings is 2. The summed E-state index contributed by atoms with van der Waals surface area (Å²) in [6, 6.07) is 16.2. The average molecular weight is 352 g/mol. The van der Waals surface area contributed by atoms with Crippen molar-refractivity contribution in [2.75, 3.05) is 33.8 Å². The second-order valence-electron chi connectivity index (χ2n) is 7.26. The summed E-state index contributed by atoms with van der Waals surface area (Å²) in [6.45, 7) is 6.79. The molecule has 4 nitrogen and oxygen atoms in total. The van der Waals surface area contributed by atoms with Crippen molar-refractivity contribution in [1.82, 2.24) is 9.80 Å². The van der Waals surface area contributed by atoms with E-state index in [9.17, 15) is 4.79 Å². The van der Waals surface area contributed by atoms with Gasteiger partial charge < -0.3 is 9.64 Å². The van der Waals surface area contributed by atoms with Crippen LogP contribution in [0.15, 0.2) is 48.5 Å². The minimum absolute atomic E-state index is 0.0905. The van der Waals surface area contributed by atoms with Crippen molar-refractivity contribution in [2.45, 2.75) is 25.8 Å². The summed E-state index contributed by atoms with van der Waals surface area (Å²) < 4.78 is 5.19. The highest BCUT2D eigenvalue weighted by molar-refractivity contribution is 5.94. The van der Waals surface area contributed by atoms with E-state index in [1.54, 1.807) is 7.11 Å². The molecule has 4 heteroatoms. The lowest BCUT2D eigenvalue weighted by Gasteiger charge is -2.40. The standard InChI is InChI=1S/C22H28N2O2/c1-16(2)19-7-5-6-8-20(19)21-15-24(14-13-23(21)3)22(25)17-9-11-18(26-4)12-10-17/h5-12,16,21H,13-15H2,1-4H3. The van der Waals surface area contributed by atoms with Crippen LogP contribution in [0.25, 0.3) is 0 Å². The number of methoxy groups -OCH3 is 1. The molecule has 3 rings (SSSR count). The van der Waals surface area contributed by atoms with Gasteiger partial charge in [-0.1, -0.05) is 38.1 Å². The van der Waals surface area contributed by atoms with E-state index in [2.05, 4.69) is 50.1 Å². The number of carbonyl (C=O) groups excluding carboxylic acids is 1. The zero-order chi connectivity index (χ0) is 18.7. The van der Waals surface area contributed by atoms with Gasteiger partial charge in [0.2, 0.25) is 0 Å². The molecule has 1 atom stereocenters. The topological polar surface area (TPSA) is 32.8 Å². The van der Waals surface area contributed by atoms with Crippen LogP contribution in [-0.4, -0.2) is 49.5 Å². The summed E-state index contributed by atoms with van der Waals surface area (Å²) in [5.41, 5.74) is 3.41. The molecule has 0 aliphatic carbocycles. The molecule has 1 aliphatic rings. The predicted octanol–water partition coefficient (Wildman–Crippen LogP) is 3.95. The van der Waals surface area contributed by atoms with E-state index < -0.39 is 0 Å². The van der Waals surface area contributed by atoms with Gasteiger partial charge in [-0.2, -0.15) is 0 Å². The quantitative estimate of drug-likeness (QED) is 0.835. The molecule has 0 saturated carbocycles. The molecule has 1 amide bonds. The second-order valence-corrected chi connectivity index (χ2v) is 7.26. The third-order valence-electron chi connectivity index (χ3n) is 5.25. The highest BCUT2D eigenvalue weighted by Crippen LogP contribution is 2.31. The molecule has 0 spiro atoms. The van der Waals surface area contributed by atoms with Gasteiger partial charge in [0.1, 0.15) is 5.75 Å². The molecule has 1 fully saturated rings. The third-order valence-corrected chi connectivity index (χ3v) is 5.25. The number of likely N-dealkylation sites (N-methyl/N-ethyl adjacent to an activating group) is 1. The molecule has 2 aromatic carbocycles. The Balaban J connectivity index is 1.83. The van der Waals surface area contributed by atoms with Crippen LogP contribution in [0.1, 0.15) is 47.3 Å². The van der Waals surface area contributed by atoms with Gasteiger partial charge in [-0.15, -0.1) is 0 Å². The SMILES string of the molecule is COc1ccc(C(=O)N2CCN(C)C(c3ccccc3C(C)C)C2)cc1. The smallest absolute Gasteiger partial charge is 0.253 e. The van der Waals surface area contributed by atoms with Gasteiger partial charge in [0.15, 0.2) is 0 Å². The van der Waals surface area contributed by atoms with Crippen molar-refractivity contribution in [1.29, 1.82) is 0 Å². The van der Waals surface area contributed by atoms with E-state index in [0.29, 0.717) is 18.0 Å². The maximum Gasteiger partial charge on any atom is 0.253 e. The molecule has 2 aromatic rings. The molecule has 1 unspecified atom stereocenters. The molecule has 26 heavy (non-hydrogen) atoms. The number of piperazine rings is 1. The van der Waals surface area contributed by atoms with Crippen LogP contribution in [0.2, 0.25) is 0 Å². The lowest BCUT2D eigenvalue weighted by atomic mass is 9.91. The van der Waals surface area contributed by atoms with Crippen molar-refractivity contribution >= 4 is 5.91 Å². The Morgan fingerprint density at radius 1 is 1.08 bits per heavy atom. The first-order valence-electron chi connectivity index (χ1n) is 9.23. The Morgan fingerprint density at radius 2 is 1.77 bits per heavy atom. The van der Waals surface area contributed by atoms with Crippen molar-refractivity contribution in [3.8, 4) is 5.75 Å². The molecule has 138 valence electrons. The molecule has 0 N–H and O–H groups in total. The minimum Gasteiger partial charge on any atom is -0.497 e. The van der Waals surface area contributed by atoms with E-state index in [4.69, 9.17) is 4.74 Å². The zero-order valence-corrected chi connectivity index (χ0v) is 16.1. The Morgan fingerprint density at radius 3 is 2.42 bits per heavy atom. The zero-order valence-electron chi connectivity index (χ0n) is 16.1. The normalized spacial score (nSPS) is 18.2. The summed E-state index contributed by atoms with van der Waals surface area (Å²) in [6.07, 6.45) is 0. The first-order chi connectivity index (χ1) is 12.5. The molecule has 1 saturated heterocycles. The van der Waals surface area contributed by atoms with E-state index in [0.717, 1.165) is 18.8 Å². The van der Waals surface area contributed by atoms with E-state index >= 15 is 0 Å². The third kappa shape index (κ3) is 3.75. The first-order valence-corrected chi connectivity index (χ1v) is 9.23. The molecular formula is C22H28N2O2. The largest absolute Gasteiger partial charge is 0.497 e. The fraction of sp³-hybridized carbons (Fsp3) is 0.409. The number of ether oxygens (including phenoxy) is 1. The number of rotatable bonds is 4. The fourth-order valence-corrected chi connectivity index (χ4v) is 3.65. The maximum atomic E-state index is 13.0.